The third-order valence-electron chi connectivity index (χ3n) is 6.72. The molecule has 0 radical (unpaired) electrons. The van der Waals surface area contributed by atoms with Crippen molar-refractivity contribution in [3.05, 3.63) is 53.7 Å². The lowest BCUT2D eigenvalue weighted by atomic mass is 10.1. The smallest absolute Gasteiger partial charge is 0.344 e. The van der Waals surface area contributed by atoms with E-state index in [0.29, 0.717) is 5.69 Å². The number of imidazole rings is 1. The Kier molecular flexibility index (Phi) is 6.92. The van der Waals surface area contributed by atoms with Gasteiger partial charge in [-0.1, -0.05) is 0 Å². The predicted octanol–water partition coefficient (Wildman–Crippen LogP) is 3.95. The summed E-state index contributed by atoms with van der Waals surface area (Å²) >= 11 is 0. The highest BCUT2D eigenvalue weighted by atomic mass is 16.5. The molecule has 0 bridgehead atoms. The number of nitrogens with one attached hydrogen (secondary N) is 3. The number of aromatic amines is 1. The standard InChI is InChI=1S/C27H31N7O2/c1-18-15-22-23(16-19(18)2)34-24(20-5-7-21(8-6-20)31-27(35)28-3)17-30-26(34)25(32-22)29-9-4-10-33-11-13-36-14-12-33/h5-8,15-17H,3-4,9-14H2,1-2H3,(H2,29,31,32,35)/p+1. The van der Waals surface area contributed by atoms with Crippen molar-refractivity contribution in [3.8, 4) is 11.3 Å². The minimum Gasteiger partial charge on any atom is -0.379 e. The molecule has 1 saturated heterocycles. The molecule has 2 aromatic carbocycles. The van der Waals surface area contributed by atoms with Gasteiger partial charge in [0, 0.05) is 30.9 Å². The maximum absolute atomic E-state index is 11.5. The fourth-order valence-corrected chi connectivity index (χ4v) is 4.60. The van der Waals surface area contributed by atoms with Crippen LogP contribution in [0.15, 0.2) is 47.6 Å². The van der Waals surface area contributed by atoms with E-state index in [1.54, 1.807) is 0 Å². The number of rotatable bonds is 7. The number of fused-ring (bicyclic) bond motifs is 3. The van der Waals surface area contributed by atoms with Crippen LogP contribution in [0.4, 0.5) is 16.3 Å². The number of aromatic nitrogens is 3. The highest BCUT2D eigenvalue weighted by molar-refractivity contribution is 5.92. The monoisotopic (exact) mass is 486 g/mol. The first-order valence-corrected chi connectivity index (χ1v) is 12.3. The number of carbonyl (C=O) groups excluding carboxylic acids is 1. The molecule has 5 rings (SSSR count). The second kappa shape index (κ2) is 10.4. The molecule has 0 aliphatic carbocycles. The van der Waals surface area contributed by atoms with Gasteiger partial charge in [0.05, 0.1) is 13.2 Å². The molecule has 1 aliphatic heterocycles. The number of urea groups is 1. The molecule has 186 valence electrons. The summed E-state index contributed by atoms with van der Waals surface area (Å²) in [6, 6.07) is 11.6. The number of morpholine rings is 1. The topological polar surface area (TPSA) is 98.7 Å². The molecule has 9 nitrogen and oxygen atoms in total. The third-order valence-corrected chi connectivity index (χ3v) is 6.72. The number of H-pyrrole nitrogens is 1. The van der Waals surface area contributed by atoms with Gasteiger partial charge in [0.2, 0.25) is 5.82 Å². The third kappa shape index (κ3) is 4.93. The number of aryl methyl sites for hydroxylation is 2. The van der Waals surface area contributed by atoms with E-state index in [9.17, 15) is 4.79 Å². The Morgan fingerprint density at radius 2 is 1.94 bits per heavy atom. The molecular formula is C27H32N7O2+. The van der Waals surface area contributed by atoms with Crippen LogP contribution in [0.1, 0.15) is 17.5 Å². The van der Waals surface area contributed by atoms with Crippen LogP contribution in [0.5, 0.6) is 0 Å². The molecule has 36 heavy (non-hydrogen) atoms. The Morgan fingerprint density at radius 3 is 2.69 bits per heavy atom. The van der Waals surface area contributed by atoms with Crippen LogP contribution < -0.4 is 15.0 Å². The van der Waals surface area contributed by atoms with Crippen molar-refractivity contribution in [2.75, 3.05) is 50.0 Å². The van der Waals surface area contributed by atoms with E-state index >= 15 is 0 Å². The maximum Gasteiger partial charge on any atom is 0.344 e. The highest BCUT2D eigenvalue weighted by Gasteiger charge is 2.22. The molecule has 1 fully saturated rings. The van der Waals surface area contributed by atoms with Gasteiger partial charge >= 0.3 is 11.7 Å². The number of anilines is 2. The van der Waals surface area contributed by atoms with Gasteiger partial charge in [-0.3, -0.25) is 4.90 Å². The van der Waals surface area contributed by atoms with E-state index in [2.05, 4.69) is 62.6 Å². The van der Waals surface area contributed by atoms with Gasteiger partial charge in [-0.15, -0.1) is 0 Å². The summed E-state index contributed by atoms with van der Waals surface area (Å²) in [6.45, 7) is 13.0. The molecule has 2 aromatic heterocycles. The average Bonchev–Trinajstić information content (AvgIpc) is 3.34. The summed E-state index contributed by atoms with van der Waals surface area (Å²) in [5.74, 6) is 0.833. The molecular weight excluding hydrogens is 454 g/mol. The van der Waals surface area contributed by atoms with Crippen molar-refractivity contribution >= 4 is 40.9 Å². The maximum atomic E-state index is 11.5. The number of nitrogens with zero attached hydrogens (tertiary/aromatic N) is 4. The zero-order valence-electron chi connectivity index (χ0n) is 20.8. The minimum atomic E-state index is -0.475. The highest BCUT2D eigenvalue weighted by Crippen LogP contribution is 2.25. The van der Waals surface area contributed by atoms with Crippen molar-refractivity contribution < 1.29 is 13.9 Å². The normalized spacial score (nSPS) is 14.3. The van der Waals surface area contributed by atoms with Crippen LogP contribution in [0.2, 0.25) is 0 Å². The first kappa shape index (κ1) is 23.9. The molecule has 3 N–H and O–H groups in total. The minimum absolute atomic E-state index is 0.475. The molecule has 3 heterocycles. The Balaban J connectivity index is 1.48. The van der Waals surface area contributed by atoms with Crippen LogP contribution in [0, 0.1) is 13.8 Å². The Hall–Kier alpha value is -3.82. The van der Waals surface area contributed by atoms with E-state index in [4.69, 9.17) is 9.72 Å². The molecule has 9 heteroatoms. The van der Waals surface area contributed by atoms with Crippen LogP contribution in [0.3, 0.4) is 0 Å². The van der Waals surface area contributed by atoms with Crippen LogP contribution >= 0.6 is 0 Å². The molecule has 0 unspecified atom stereocenters. The van der Waals surface area contributed by atoms with Crippen molar-refractivity contribution in [2.24, 2.45) is 4.99 Å². The fourth-order valence-electron chi connectivity index (χ4n) is 4.60. The Bertz CT molecular complexity index is 1410. The zero-order valence-corrected chi connectivity index (χ0v) is 20.8. The van der Waals surface area contributed by atoms with E-state index in [0.717, 1.165) is 79.6 Å². The van der Waals surface area contributed by atoms with Gasteiger partial charge in [0.25, 0.3) is 0 Å². The van der Waals surface area contributed by atoms with E-state index in [-0.39, 0.29) is 0 Å². The Labute approximate surface area is 210 Å². The number of hydrogen-bond acceptors (Lipinski definition) is 5. The first-order valence-electron chi connectivity index (χ1n) is 12.3. The zero-order chi connectivity index (χ0) is 25.1. The number of carbonyl (C=O) groups is 1. The molecule has 1 aliphatic rings. The lowest BCUT2D eigenvalue weighted by Gasteiger charge is -2.26. The summed E-state index contributed by atoms with van der Waals surface area (Å²) in [5, 5.41) is 6.26. The van der Waals surface area contributed by atoms with Crippen molar-refractivity contribution in [1.29, 1.82) is 0 Å². The van der Waals surface area contributed by atoms with Gasteiger partial charge in [0.15, 0.2) is 11.2 Å². The molecule has 4 aromatic rings. The largest absolute Gasteiger partial charge is 0.379 e. The second-order valence-electron chi connectivity index (χ2n) is 9.14. The van der Waals surface area contributed by atoms with Crippen LogP contribution in [-0.4, -0.2) is 67.0 Å². The number of amides is 2. The van der Waals surface area contributed by atoms with Gasteiger partial charge in [0.1, 0.15) is 11.7 Å². The molecule has 0 spiro atoms. The van der Waals surface area contributed by atoms with Crippen molar-refractivity contribution in [3.63, 3.8) is 0 Å². The predicted molar refractivity (Wildman–Crippen MR) is 143 cm³/mol. The number of benzene rings is 2. The quantitative estimate of drug-likeness (QED) is 0.209. The lowest BCUT2D eigenvalue weighted by molar-refractivity contribution is -0.467. The number of aliphatic imine (C=N–C) groups is 1. The van der Waals surface area contributed by atoms with E-state index < -0.39 is 6.03 Å². The molecule has 2 amide bonds. The van der Waals surface area contributed by atoms with Gasteiger partial charge in [-0.05, 0) is 81.1 Å². The summed E-state index contributed by atoms with van der Waals surface area (Å²) in [4.78, 5) is 25.8. The summed E-state index contributed by atoms with van der Waals surface area (Å²) < 4.78 is 7.67. The van der Waals surface area contributed by atoms with Gasteiger partial charge < -0.3 is 15.4 Å². The van der Waals surface area contributed by atoms with Crippen molar-refractivity contribution in [1.82, 2.24) is 14.9 Å². The molecule has 0 atom stereocenters. The van der Waals surface area contributed by atoms with E-state index in [1.807, 2.05) is 30.5 Å². The SMILES string of the molecule is C=NC(=O)Nc1ccc(-c2c[nH]c3c(NCCCN4CCOCC4)nc4cc(C)c(C)cc4[n+]23)cc1. The van der Waals surface area contributed by atoms with E-state index in [1.165, 1.54) is 11.1 Å². The van der Waals surface area contributed by atoms with Gasteiger partial charge in [-0.2, -0.15) is 4.40 Å². The molecule has 0 saturated carbocycles. The van der Waals surface area contributed by atoms with Crippen molar-refractivity contribution in [2.45, 2.75) is 20.3 Å². The van der Waals surface area contributed by atoms with Crippen LogP contribution in [-0.2, 0) is 4.74 Å². The summed E-state index contributed by atoms with van der Waals surface area (Å²) in [6.07, 6.45) is 3.03. The second-order valence-corrected chi connectivity index (χ2v) is 9.14. The summed E-state index contributed by atoms with van der Waals surface area (Å²) in [5.41, 5.74) is 8.01. The van der Waals surface area contributed by atoms with Crippen LogP contribution in [0.25, 0.3) is 27.9 Å². The summed E-state index contributed by atoms with van der Waals surface area (Å²) in [7, 11) is 0. The Morgan fingerprint density at radius 1 is 1.19 bits per heavy atom. The van der Waals surface area contributed by atoms with Gasteiger partial charge in [-0.25, -0.2) is 19.8 Å². The number of hydrogen-bond donors (Lipinski definition) is 3. The number of ether oxygens (including phenoxy) is 1. The average molecular weight is 487 g/mol. The first-order chi connectivity index (χ1) is 17.5. The lowest BCUT2D eigenvalue weighted by Crippen LogP contribution is -2.37. The fraction of sp³-hybridized carbons (Fsp3) is 0.333.